The Morgan fingerprint density at radius 3 is 1.95 bits per heavy atom. The van der Waals surface area contributed by atoms with E-state index >= 15 is 0 Å². The fraction of sp³-hybridized carbons (Fsp3) is 0.889. The predicted molar refractivity (Wildman–Crippen MR) is 86.2 cm³/mol. The molecule has 0 heterocycles. The van der Waals surface area contributed by atoms with E-state index in [0.717, 1.165) is 50.1 Å². The van der Waals surface area contributed by atoms with Crippen LogP contribution in [0.25, 0.3) is 0 Å². The highest BCUT2D eigenvalue weighted by molar-refractivity contribution is 5.84. The van der Waals surface area contributed by atoms with Crippen molar-refractivity contribution in [2.45, 2.75) is 58.8 Å². The lowest BCUT2D eigenvalue weighted by molar-refractivity contribution is -0.146. The Balaban J connectivity index is 1.51. The molecule has 4 nitrogen and oxygen atoms in total. The van der Waals surface area contributed by atoms with Crippen LogP contribution in [0.4, 0.5) is 0 Å². The van der Waals surface area contributed by atoms with Crippen LogP contribution in [-0.2, 0) is 9.59 Å². The van der Waals surface area contributed by atoms with Gasteiger partial charge in [-0.3, -0.25) is 9.59 Å². The first-order chi connectivity index (χ1) is 10.6. The molecule has 4 heteroatoms. The Bertz CT molecular complexity index is 407. The summed E-state index contributed by atoms with van der Waals surface area (Å²) in [4.78, 5) is 26.6. The van der Waals surface area contributed by atoms with E-state index in [1.165, 1.54) is 19.3 Å². The van der Waals surface area contributed by atoms with E-state index in [2.05, 4.69) is 5.32 Å². The molecule has 0 aromatic carbocycles. The largest absolute Gasteiger partial charge is 0.355 e. The SMILES string of the molecule is CCN(CC)C(=O)CCNC(=O)C12CC3CC(CC(C3)C1)C2. The number of hydrogen-bond acceptors (Lipinski definition) is 2. The number of carbonyl (C=O) groups is 2. The second-order valence-electron chi connectivity index (χ2n) is 7.77. The zero-order chi connectivity index (χ0) is 15.7. The monoisotopic (exact) mass is 306 g/mol. The Labute approximate surface area is 134 Å². The summed E-state index contributed by atoms with van der Waals surface area (Å²) in [7, 11) is 0. The minimum atomic E-state index is -0.0903. The van der Waals surface area contributed by atoms with Gasteiger partial charge >= 0.3 is 0 Å². The average Bonchev–Trinajstić information content (AvgIpc) is 2.47. The molecule has 4 fully saturated rings. The molecule has 4 aliphatic carbocycles. The lowest BCUT2D eigenvalue weighted by atomic mass is 9.49. The Kier molecular flexibility index (Phi) is 4.47. The summed E-state index contributed by atoms with van der Waals surface area (Å²) in [5.41, 5.74) is -0.0903. The van der Waals surface area contributed by atoms with Gasteiger partial charge in [0.05, 0.1) is 0 Å². The summed E-state index contributed by atoms with van der Waals surface area (Å²) in [6.07, 6.45) is 7.77. The topological polar surface area (TPSA) is 49.4 Å². The van der Waals surface area contributed by atoms with Crippen LogP contribution in [0.3, 0.4) is 0 Å². The van der Waals surface area contributed by atoms with Crippen molar-refractivity contribution in [2.75, 3.05) is 19.6 Å². The molecule has 1 N–H and O–H groups in total. The van der Waals surface area contributed by atoms with Crippen molar-refractivity contribution in [1.29, 1.82) is 0 Å². The van der Waals surface area contributed by atoms with Crippen LogP contribution in [-0.4, -0.2) is 36.3 Å². The van der Waals surface area contributed by atoms with Gasteiger partial charge in [-0.2, -0.15) is 0 Å². The van der Waals surface area contributed by atoms with Crippen LogP contribution in [0.5, 0.6) is 0 Å². The van der Waals surface area contributed by atoms with Crippen molar-refractivity contribution in [3.63, 3.8) is 0 Å². The van der Waals surface area contributed by atoms with Gasteiger partial charge in [0.25, 0.3) is 0 Å². The van der Waals surface area contributed by atoms with Gasteiger partial charge in [-0.1, -0.05) is 0 Å². The molecule has 0 radical (unpaired) electrons. The Morgan fingerprint density at radius 1 is 1.00 bits per heavy atom. The van der Waals surface area contributed by atoms with E-state index in [4.69, 9.17) is 0 Å². The van der Waals surface area contributed by atoms with Crippen LogP contribution in [0.15, 0.2) is 0 Å². The Morgan fingerprint density at radius 2 is 1.50 bits per heavy atom. The van der Waals surface area contributed by atoms with Gasteiger partial charge in [-0.05, 0) is 70.1 Å². The lowest BCUT2D eigenvalue weighted by Gasteiger charge is -2.55. The van der Waals surface area contributed by atoms with Crippen molar-refractivity contribution >= 4 is 11.8 Å². The maximum absolute atomic E-state index is 12.8. The molecule has 0 aromatic heterocycles. The molecule has 4 bridgehead atoms. The molecule has 0 aliphatic heterocycles. The van der Waals surface area contributed by atoms with Gasteiger partial charge < -0.3 is 10.2 Å². The number of amides is 2. The minimum absolute atomic E-state index is 0.0903. The predicted octanol–water partition coefficient (Wildman–Crippen LogP) is 2.58. The lowest BCUT2D eigenvalue weighted by Crippen LogP contribution is -2.53. The van der Waals surface area contributed by atoms with Gasteiger partial charge in [0.15, 0.2) is 0 Å². The smallest absolute Gasteiger partial charge is 0.226 e. The summed E-state index contributed by atoms with van der Waals surface area (Å²) < 4.78 is 0. The molecule has 4 saturated carbocycles. The first-order valence-corrected chi connectivity index (χ1v) is 9.12. The van der Waals surface area contributed by atoms with E-state index in [9.17, 15) is 9.59 Å². The highest BCUT2D eigenvalue weighted by Crippen LogP contribution is 2.60. The highest BCUT2D eigenvalue weighted by Gasteiger charge is 2.54. The maximum atomic E-state index is 12.8. The molecule has 0 atom stereocenters. The molecule has 2 amide bonds. The van der Waals surface area contributed by atoms with Crippen molar-refractivity contribution in [3.8, 4) is 0 Å². The molecule has 124 valence electrons. The van der Waals surface area contributed by atoms with Gasteiger partial charge in [-0.15, -0.1) is 0 Å². The van der Waals surface area contributed by atoms with Gasteiger partial charge in [0, 0.05) is 31.5 Å². The zero-order valence-electron chi connectivity index (χ0n) is 14.1. The molecular formula is C18H30N2O2. The summed E-state index contributed by atoms with van der Waals surface area (Å²) in [5.74, 6) is 2.74. The van der Waals surface area contributed by atoms with E-state index in [1.807, 2.05) is 18.7 Å². The minimum Gasteiger partial charge on any atom is -0.355 e. The first kappa shape index (κ1) is 15.8. The van der Waals surface area contributed by atoms with Crippen LogP contribution >= 0.6 is 0 Å². The second kappa shape index (κ2) is 6.21. The van der Waals surface area contributed by atoms with Crippen LogP contribution in [0.1, 0.15) is 58.8 Å². The first-order valence-electron chi connectivity index (χ1n) is 9.12. The van der Waals surface area contributed by atoms with Crippen LogP contribution in [0.2, 0.25) is 0 Å². The van der Waals surface area contributed by atoms with Gasteiger partial charge in [-0.25, -0.2) is 0 Å². The third-order valence-corrected chi connectivity index (χ3v) is 6.26. The molecular weight excluding hydrogens is 276 g/mol. The summed E-state index contributed by atoms with van der Waals surface area (Å²) in [5, 5.41) is 3.09. The molecule has 22 heavy (non-hydrogen) atoms. The van der Waals surface area contributed by atoms with E-state index in [-0.39, 0.29) is 17.2 Å². The summed E-state index contributed by atoms with van der Waals surface area (Å²) >= 11 is 0. The van der Waals surface area contributed by atoms with E-state index in [0.29, 0.717) is 13.0 Å². The number of hydrogen-bond donors (Lipinski definition) is 1. The number of nitrogens with one attached hydrogen (secondary N) is 1. The van der Waals surface area contributed by atoms with Crippen molar-refractivity contribution < 1.29 is 9.59 Å². The van der Waals surface area contributed by atoms with E-state index in [1.54, 1.807) is 0 Å². The number of carbonyl (C=O) groups excluding carboxylic acids is 2. The quantitative estimate of drug-likeness (QED) is 0.820. The molecule has 4 rings (SSSR count). The van der Waals surface area contributed by atoms with Crippen LogP contribution < -0.4 is 5.32 Å². The molecule has 0 saturated heterocycles. The third kappa shape index (κ3) is 2.89. The maximum Gasteiger partial charge on any atom is 0.226 e. The zero-order valence-corrected chi connectivity index (χ0v) is 14.1. The fourth-order valence-corrected chi connectivity index (χ4v) is 5.59. The molecule has 4 aliphatic rings. The van der Waals surface area contributed by atoms with Gasteiger partial charge in [0.2, 0.25) is 11.8 Å². The van der Waals surface area contributed by atoms with Crippen molar-refractivity contribution in [1.82, 2.24) is 10.2 Å². The Hall–Kier alpha value is -1.06. The molecule has 0 unspecified atom stereocenters. The fourth-order valence-electron chi connectivity index (χ4n) is 5.59. The van der Waals surface area contributed by atoms with Crippen molar-refractivity contribution in [2.24, 2.45) is 23.2 Å². The summed E-state index contributed by atoms with van der Waals surface area (Å²) in [6.45, 7) is 5.98. The second-order valence-corrected chi connectivity index (χ2v) is 7.77. The number of rotatable bonds is 6. The normalized spacial score (nSPS) is 35.5. The molecule has 0 spiro atoms. The third-order valence-electron chi connectivity index (χ3n) is 6.26. The van der Waals surface area contributed by atoms with Crippen LogP contribution in [0, 0.1) is 23.2 Å². The van der Waals surface area contributed by atoms with E-state index < -0.39 is 0 Å². The molecule has 0 aromatic rings. The number of nitrogens with zero attached hydrogens (tertiary/aromatic N) is 1. The standard InChI is InChI=1S/C18H30N2O2/c1-3-20(4-2)16(21)5-6-19-17(22)18-10-13-7-14(11-18)9-15(8-13)12-18/h13-15H,3-12H2,1-2H3,(H,19,22). The average molecular weight is 306 g/mol. The summed E-state index contributed by atoms with van der Waals surface area (Å²) in [6, 6.07) is 0. The van der Waals surface area contributed by atoms with Crippen molar-refractivity contribution in [3.05, 3.63) is 0 Å². The van der Waals surface area contributed by atoms with Gasteiger partial charge in [0.1, 0.15) is 0 Å². The highest BCUT2D eigenvalue weighted by atomic mass is 16.2.